The van der Waals surface area contributed by atoms with Crippen LogP contribution in [0.4, 0.5) is 0 Å². The lowest BCUT2D eigenvalue weighted by molar-refractivity contribution is 0.0322. The molecule has 1 aliphatic rings. The van der Waals surface area contributed by atoms with Crippen molar-refractivity contribution in [1.29, 1.82) is 0 Å². The standard InChI is InChI=1S/C12H17Cl2N3O3S/c13-10-2-1-8(5-11(10)14)12-9(6-16-3-4-20-12)7-17-21(15,18)19/h1-2,5,9,12,16-17H,3-4,6-7H2,(H2,15,18,19)/t9-,12?/m0/s1. The second kappa shape index (κ2) is 7.23. The van der Waals surface area contributed by atoms with Crippen LogP contribution in [0.2, 0.25) is 10.0 Å². The first-order chi connectivity index (χ1) is 9.87. The van der Waals surface area contributed by atoms with Crippen LogP contribution >= 0.6 is 23.2 Å². The van der Waals surface area contributed by atoms with Crippen molar-refractivity contribution in [3.8, 4) is 0 Å². The second-order valence-corrected chi connectivity index (χ2v) is 7.02. The van der Waals surface area contributed by atoms with Gasteiger partial charge < -0.3 is 10.1 Å². The number of halogens is 2. The Morgan fingerprint density at radius 3 is 2.81 bits per heavy atom. The van der Waals surface area contributed by atoms with E-state index in [4.69, 9.17) is 33.1 Å². The summed E-state index contributed by atoms with van der Waals surface area (Å²) >= 11 is 12.0. The summed E-state index contributed by atoms with van der Waals surface area (Å²) in [6.07, 6.45) is -0.288. The summed E-state index contributed by atoms with van der Waals surface area (Å²) in [5.41, 5.74) is 0.856. The summed E-state index contributed by atoms with van der Waals surface area (Å²) < 4.78 is 30.3. The van der Waals surface area contributed by atoms with Crippen LogP contribution in [0.1, 0.15) is 11.7 Å². The number of nitrogens with two attached hydrogens (primary N) is 1. The monoisotopic (exact) mass is 353 g/mol. The highest BCUT2D eigenvalue weighted by Gasteiger charge is 2.27. The Labute approximate surface area is 134 Å². The highest BCUT2D eigenvalue weighted by molar-refractivity contribution is 7.87. The normalized spacial score (nSPS) is 23.8. The van der Waals surface area contributed by atoms with Gasteiger partial charge in [-0.1, -0.05) is 29.3 Å². The summed E-state index contributed by atoms with van der Waals surface area (Å²) in [4.78, 5) is 0. The van der Waals surface area contributed by atoms with Crippen LogP contribution in [-0.2, 0) is 14.9 Å². The third-order valence-electron chi connectivity index (χ3n) is 3.23. The Kier molecular flexibility index (Phi) is 5.84. The third kappa shape index (κ3) is 5.07. The minimum Gasteiger partial charge on any atom is -0.372 e. The molecule has 1 aliphatic heterocycles. The molecule has 1 fully saturated rings. The first-order valence-corrected chi connectivity index (χ1v) is 8.71. The highest BCUT2D eigenvalue weighted by Crippen LogP contribution is 2.31. The van der Waals surface area contributed by atoms with Crippen LogP contribution in [-0.4, -0.2) is 34.7 Å². The zero-order valence-corrected chi connectivity index (χ0v) is 13.5. The number of nitrogens with one attached hydrogen (secondary N) is 2. The molecule has 1 aromatic rings. The van der Waals surface area contributed by atoms with Crippen LogP contribution in [0.5, 0.6) is 0 Å². The Morgan fingerprint density at radius 1 is 1.38 bits per heavy atom. The molecule has 0 spiro atoms. The molecule has 21 heavy (non-hydrogen) atoms. The van der Waals surface area contributed by atoms with Crippen LogP contribution in [0.15, 0.2) is 18.2 Å². The summed E-state index contributed by atoms with van der Waals surface area (Å²) in [7, 11) is -3.74. The molecule has 0 aliphatic carbocycles. The molecular formula is C12H17Cl2N3O3S. The van der Waals surface area contributed by atoms with Gasteiger partial charge in [0.1, 0.15) is 0 Å². The number of ether oxygens (including phenoxy) is 1. The van der Waals surface area contributed by atoms with Gasteiger partial charge in [0.05, 0.1) is 22.8 Å². The van der Waals surface area contributed by atoms with Gasteiger partial charge in [-0.3, -0.25) is 0 Å². The zero-order chi connectivity index (χ0) is 15.5. The van der Waals surface area contributed by atoms with E-state index in [2.05, 4.69) is 10.0 Å². The van der Waals surface area contributed by atoms with Crippen molar-refractivity contribution in [3.05, 3.63) is 33.8 Å². The van der Waals surface area contributed by atoms with Crippen molar-refractivity contribution in [2.24, 2.45) is 11.1 Å². The largest absolute Gasteiger partial charge is 0.372 e. The predicted molar refractivity (Wildman–Crippen MR) is 82.6 cm³/mol. The van der Waals surface area contributed by atoms with Gasteiger partial charge in [-0.15, -0.1) is 0 Å². The van der Waals surface area contributed by atoms with Gasteiger partial charge in [-0.2, -0.15) is 8.42 Å². The molecule has 0 bridgehead atoms. The number of hydrogen-bond acceptors (Lipinski definition) is 4. The van der Waals surface area contributed by atoms with Crippen LogP contribution in [0.25, 0.3) is 0 Å². The summed E-state index contributed by atoms with van der Waals surface area (Å²) in [5, 5.41) is 9.08. The van der Waals surface area contributed by atoms with Gasteiger partial charge in [-0.05, 0) is 17.7 Å². The van der Waals surface area contributed by atoms with Crippen molar-refractivity contribution in [2.75, 3.05) is 26.2 Å². The smallest absolute Gasteiger partial charge is 0.274 e. The molecule has 1 heterocycles. The molecule has 0 amide bonds. The fourth-order valence-electron chi connectivity index (χ4n) is 2.25. The van der Waals surface area contributed by atoms with E-state index < -0.39 is 10.2 Å². The van der Waals surface area contributed by atoms with Crippen LogP contribution in [0, 0.1) is 5.92 Å². The van der Waals surface area contributed by atoms with Crippen LogP contribution < -0.4 is 15.2 Å². The molecule has 9 heteroatoms. The topological polar surface area (TPSA) is 93.5 Å². The van der Waals surface area contributed by atoms with Gasteiger partial charge in [0.15, 0.2) is 0 Å². The van der Waals surface area contributed by atoms with E-state index in [1.807, 2.05) is 6.07 Å². The molecule has 1 aromatic carbocycles. The number of rotatable bonds is 4. The van der Waals surface area contributed by atoms with Crippen LogP contribution in [0.3, 0.4) is 0 Å². The van der Waals surface area contributed by atoms with Crippen molar-refractivity contribution in [3.63, 3.8) is 0 Å². The van der Waals surface area contributed by atoms with Crippen molar-refractivity contribution in [1.82, 2.24) is 10.0 Å². The van der Waals surface area contributed by atoms with E-state index in [9.17, 15) is 8.42 Å². The van der Waals surface area contributed by atoms with Gasteiger partial charge in [0.2, 0.25) is 0 Å². The van der Waals surface area contributed by atoms with Crippen molar-refractivity contribution in [2.45, 2.75) is 6.10 Å². The fraction of sp³-hybridized carbons (Fsp3) is 0.500. The van der Waals surface area contributed by atoms with E-state index in [1.54, 1.807) is 12.1 Å². The molecule has 1 unspecified atom stereocenters. The lowest BCUT2D eigenvalue weighted by atomic mass is 9.95. The fourth-order valence-corrected chi connectivity index (χ4v) is 3.00. The minimum atomic E-state index is -3.74. The molecule has 6 nitrogen and oxygen atoms in total. The summed E-state index contributed by atoms with van der Waals surface area (Å²) in [6.45, 7) is 2.00. The molecule has 118 valence electrons. The summed E-state index contributed by atoms with van der Waals surface area (Å²) in [6, 6.07) is 5.27. The average Bonchev–Trinajstić information content (AvgIpc) is 2.64. The first kappa shape index (κ1) is 17.0. The molecule has 1 saturated heterocycles. The van der Waals surface area contributed by atoms with Gasteiger partial charge in [0.25, 0.3) is 10.2 Å². The maximum absolute atomic E-state index is 11.1. The zero-order valence-electron chi connectivity index (χ0n) is 11.2. The van der Waals surface area contributed by atoms with E-state index in [0.717, 1.165) is 5.56 Å². The number of hydrogen-bond donors (Lipinski definition) is 3. The Hall–Kier alpha value is -0.410. The molecular weight excluding hydrogens is 337 g/mol. The molecule has 2 atom stereocenters. The van der Waals surface area contributed by atoms with E-state index in [1.165, 1.54) is 0 Å². The van der Waals surface area contributed by atoms with Gasteiger partial charge >= 0.3 is 0 Å². The second-order valence-electron chi connectivity index (χ2n) is 4.82. The lowest BCUT2D eigenvalue weighted by Crippen LogP contribution is -2.39. The quantitative estimate of drug-likeness (QED) is 0.754. The average molecular weight is 354 g/mol. The molecule has 0 radical (unpaired) electrons. The summed E-state index contributed by atoms with van der Waals surface area (Å²) in [5.74, 6) is -0.108. The lowest BCUT2D eigenvalue weighted by Gasteiger charge is -2.25. The minimum absolute atomic E-state index is 0.108. The maximum Gasteiger partial charge on any atom is 0.274 e. The van der Waals surface area contributed by atoms with E-state index in [0.29, 0.717) is 29.7 Å². The molecule has 4 N–H and O–H groups in total. The van der Waals surface area contributed by atoms with Gasteiger partial charge in [-0.25, -0.2) is 9.86 Å². The van der Waals surface area contributed by atoms with Gasteiger partial charge in [0, 0.05) is 25.6 Å². The molecule has 0 saturated carbocycles. The Bertz CT molecular complexity index is 597. The van der Waals surface area contributed by atoms with E-state index >= 15 is 0 Å². The highest BCUT2D eigenvalue weighted by atomic mass is 35.5. The molecule has 0 aromatic heterocycles. The predicted octanol–water partition coefficient (Wildman–Crippen LogP) is 1.06. The SMILES string of the molecule is NS(=O)(=O)NC[C@@H]1CNCCOC1c1ccc(Cl)c(Cl)c1. The van der Waals surface area contributed by atoms with Crippen molar-refractivity contribution < 1.29 is 13.2 Å². The van der Waals surface area contributed by atoms with E-state index in [-0.39, 0.29) is 18.6 Å². The Morgan fingerprint density at radius 2 is 2.14 bits per heavy atom. The first-order valence-electron chi connectivity index (χ1n) is 6.41. The maximum atomic E-state index is 11.1. The molecule has 2 rings (SSSR count). The third-order valence-corrected chi connectivity index (χ3v) is 4.54. The Balaban J connectivity index is 2.20. The number of benzene rings is 1. The van der Waals surface area contributed by atoms with Crippen molar-refractivity contribution >= 4 is 33.4 Å².